The Hall–Kier alpha value is -1.83. The maximum Gasteiger partial charge on any atom is 0.270 e. The number of hydrogen-bond donors (Lipinski definition) is 1. The van der Waals surface area contributed by atoms with Crippen molar-refractivity contribution in [2.24, 2.45) is 5.92 Å². The number of nitrogens with zero attached hydrogens (tertiary/aromatic N) is 2. The fourth-order valence-electron chi connectivity index (χ4n) is 3.43. The van der Waals surface area contributed by atoms with E-state index in [-0.39, 0.29) is 29.2 Å². The first-order valence-corrected chi connectivity index (χ1v) is 9.57. The number of H-pyrrole nitrogens is 1. The molecule has 2 fully saturated rings. The molecule has 2 atom stereocenters. The number of aromatic nitrogens is 1. The maximum atomic E-state index is 12.6. The molecule has 0 aliphatic carbocycles. The Bertz CT molecular complexity index is 711. The minimum Gasteiger partial charge on any atom is -0.357 e. The van der Waals surface area contributed by atoms with E-state index in [1.165, 1.54) is 0 Å². The molecule has 3 heterocycles. The zero-order valence-electron chi connectivity index (χ0n) is 13.2. The average molecular weight is 339 g/mol. The molecule has 1 aromatic heterocycles. The Morgan fingerprint density at radius 1 is 1.17 bits per heavy atom. The van der Waals surface area contributed by atoms with Crippen molar-refractivity contribution in [3.63, 3.8) is 0 Å². The molecule has 0 bridgehead atoms. The van der Waals surface area contributed by atoms with Crippen molar-refractivity contribution in [1.29, 1.82) is 0 Å². The van der Waals surface area contributed by atoms with Crippen LogP contribution in [0.3, 0.4) is 0 Å². The van der Waals surface area contributed by atoms with Gasteiger partial charge >= 0.3 is 0 Å². The van der Waals surface area contributed by atoms with Crippen LogP contribution in [0.2, 0.25) is 0 Å². The predicted octanol–water partition coefficient (Wildman–Crippen LogP) is 0.121. The maximum absolute atomic E-state index is 12.6. The summed E-state index contributed by atoms with van der Waals surface area (Å²) in [6, 6.07) is 2.50. The van der Waals surface area contributed by atoms with E-state index in [0.717, 1.165) is 0 Å². The molecule has 0 saturated carbocycles. The number of sulfone groups is 1. The molecule has 0 radical (unpaired) electrons. The summed E-state index contributed by atoms with van der Waals surface area (Å²) < 4.78 is 24.2. The second-order valence-corrected chi connectivity index (χ2v) is 8.63. The van der Waals surface area contributed by atoms with Gasteiger partial charge in [0.15, 0.2) is 9.84 Å². The van der Waals surface area contributed by atoms with Crippen LogP contribution in [0.4, 0.5) is 0 Å². The van der Waals surface area contributed by atoms with Crippen LogP contribution in [0, 0.1) is 5.92 Å². The molecule has 0 spiro atoms. The SMILES string of the molecule is CC(C)C(=O)N1CCN(C(=O)c2ccc[nH]2)C2CS(=O)(=O)CC21. The predicted molar refractivity (Wildman–Crippen MR) is 84.6 cm³/mol. The van der Waals surface area contributed by atoms with Crippen molar-refractivity contribution >= 4 is 21.7 Å². The highest BCUT2D eigenvalue weighted by Gasteiger charge is 2.49. The standard InChI is InChI=1S/C15H21N3O4S/c1-10(2)14(19)17-6-7-18(15(20)11-4-3-5-16-11)13-9-23(21,22)8-12(13)17/h3-5,10,12-13,16H,6-9H2,1-2H3. The zero-order chi connectivity index (χ0) is 16.8. The number of amides is 2. The summed E-state index contributed by atoms with van der Waals surface area (Å²) in [6.07, 6.45) is 1.66. The molecule has 8 heteroatoms. The van der Waals surface area contributed by atoms with Gasteiger partial charge in [0, 0.05) is 25.2 Å². The molecule has 2 aliphatic rings. The molecular formula is C15H21N3O4S. The highest BCUT2D eigenvalue weighted by molar-refractivity contribution is 7.91. The van der Waals surface area contributed by atoms with Gasteiger partial charge in [-0.15, -0.1) is 0 Å². The summed E-state index contributed by atoms with van der Waals surface area (Å²) >= 11 is 0. The largest absolute Gasteiger partial charge is 0.357 e. The summed E-state index contributed by atoms with van der Waals surface area (Å²) in [6.45, 7) is 4.33. The fraction of sp³-hybridized carbons (Fsp3) is 0.600. The number of carbonyl (C=O) groups is 2. The van der Waals surface area contributed by atoms with Crippen LogP contribution >= 0.6 is 0 Å². The van der Waals surface area contributed by atoms with Crippen LogP contribution < -0.4 is 0 Å². The lowest BCUT2D eigenvalue weighted by Gasteiger charge is -2.44. The summed E-state index contributed by atoms with van der Waals surface area (Å²) in [5, 5.41) is 0. The summed E-state index contributed by atoms with van der Waals surface area (Å²) in [7, 11) is -3.25. The highest BCUT2D eigenvalue weighted by Crippen LogP contribution is 2.29. The molecule has 2 aliphatic heterocycles. The van der Waals surface area contributed by atoms with Crippen LogP contribution in [-0.4, -0.2) is 71.7 Å². The second kappa shape index (κ2) is 5.67. The van der Waals surface area contributed by atoms with Gasteiger partial charge in [0.05, 0.1) is 23.6 Å². The summed E-state index contributed by atoms with van der Waals surface area (Å²) in [5.74, 6) is -0.594. The third-order valence-corrected chi connectivity index (χ3v) is 6.24. The number of rotatable bonds is 2. The van der Waals surface area contributed by atoms with Crippen LogP contribution in [0.5, 0.6) is 0 Å². The second-order valence-electron chi connectivity index (χ2n) is 6.48. The van der Waals surface area contributed by atoms with E-state index in [9.17, 15) is 18.0 Å². The fourth-order valence-corrected chi connectivity index (χ4v) is 5.41. The number of nitrogens with one attached hydrogen (secondary N) is 1. The topological polar surface area (TPSA) is 90.6 Å². The molecule has 1 N–H and O–H groups in total. The number of hydrogen-bond acceptors (Lipinski definition) is 4. The zero-order valence-corrected chi connectivity index (χ0v) is 14.0. The van der Waals surface area contributed by atoms with Gasteiger partial charge in [-0.3, -0.25) is 9.59 Å². The monoisotopic (exact) mass is 339 g/mol. The Balaban J connectivity index is 1.90. The van der Waals surface area contributed by atoms with Crippen molar-refractivity contribution in [3.8, 4) is 0 Å². The summed E-state index contributed by atoms with van der Waals surface area (Å²) in [4.78, 5) is 31.1. The van der Waals surface area contributed by atoms with Gasteiger partial charge in [-0.25, -0.2) is 8.42 Å². The number of piperazine rings is 1. The van der Waals surface area contributed by atoms with Crippen LogP contribution in [0.15, 0.2) is 18.3 Å². The lowest BCUT2D eigenvalue weighted by molar-refractivity contribution is -0.139. The lowest BCUT2D eigenvalue weighted by atomic mass is 10.0. The average Bonchev–Trinajstić information content (AvgIpc) is 3.10. The Labute approximate surface area is 135 Å². The van der Waals surface area contributed by atoms with E-state index < -0.39 is 21.9 Å². The normalized spacial score (nSPS) is 26.4. The van der Waals surface area contributed by atoms with E-state index in [4.69, 9.17) is 0 Å². The first-order chi connectivity index (χ1) is 10.8. The van der Waals surface area contributed by atoms with Crippen LogP contribution in [0.25, 0.3) is 0 Å². The molecule has 3 rings (SSSR count). The Morgan fingerprint density at radius 2 is 1.78 bits per heavy atom. The van der Waals surface area contributed by atoms with Crippen LogP contribution in [-0.2, 0) is 14.6 Å². The molecule has 126 valence electrons. The summed E-state index contributed by atoms with van der Waals surface area (Å²) in [5.41, 5.74) is 0.441. The molecular weight excluding hydrogens is 318 g/mol. The quantitative estimate of drug-likeness (QED) is 0.829. The molecule has 1 aromatic rings. The number of fused-ring (bicyclic) bond motifs is 1. The van der Waals surface area contributed by atoms with Crippen LogP contribution in [0.1, 0.15) is 24.3 Å². The van der Waals surface area contributed by atoms with Gasteiger partial charge in [-0.1, -0.05) is 13.8 Å². The van der Waals surface area contributed by atoms with Crippen molar-refractivity contribution in [3.05, 3.63) is 24.0 Å². The first kappa shape index (κ1) is 16.0. The van der Waals surface area contributed by atoms with Gasteiger partial charge in [0.25, 0.3) is 5.91 Å². The molecule has 23 heavy (non-hydrogen) atoms. The minimum atomic E-state index is -3.25. The third kappa shape index (κ3) is 2.87. The molecule has 0 aromatic carbocycles. The van der Waals surface area contributed by atoms with Gasteiger partial charge in [0.1, 0.15) is 5.69 Å². The third-order valence-electron chi connectivity index (χ3n) is 4.54. The molecule has 7 nitrogen and oxygen atoms in total. The minimum absolute atomic E-state index is 0.0518. The van der Waals surface area contributed by atoms with E-state index in [1.54, 1.807) is 42.0 Å². The number of aromatic amines is 1. The molecule has 2 saturated heterocycles. The lowest BCUT2D eigenvalue weighted by Crippen LogP contribution is -2.62. The van der Waals surface area contributed by atoms with E-state index >= 15 is 0 Å². The molecule has 2 unspecified atom stereocenters. The van der Waals surface area contributed by atoms with Crippen molar-refractivity contribution < 1.29 is 18.0 Å². The van der Waals surface area contributed by atoms with Gasteiger partial charge in [0.2, 0.25) is 5.91 Å². The first-order valence-electron chi connectivity index (χ1n) is 7.75. The van der Waals surface area contributed by atoms with Crippen molar-refractivity contribution in [1.82, 2.24) is 14.8 Å². The van der Waals surface area contributed by atoms with Gasteiger partial charge in [-0.05, 0) is 12.1 Å². The van der Waals surface area contributed by atoms with Crippen molar-refractivity contribution in [2.45, 2.75) is 25.9 Å². The smallest absolute Gasteiger partial charge is 0.270 e. The number of carbonyl (C=O) groups excluding carboxylic acids is 2. The van der Waals surface area contributed by atoms with Gasteiger partial charge < -0.3 is 14.8 Å². The highest BCUT2D eigenvalue weighted by atomic mass is 32.2. The van der Waals surface area contributed by atoms with Crippen molar-refractivity contribution in [2.75, 3.05) is 24.6 Å². The van der Waals surface area contributed by atoms with E-state index in [2.05, 4.69) is 4.98 Å². The molecule has 2 amide bonds. The Kier molecular flexibility index (Phi) is 3.95. The van der Waals surface area contributed by atoms with E-state index in [1.807, 2.05) is 0 Å². The van der Waals surface area contributed by atoms with Gasteiger partial charge in [-0.2, -0.15) is 0 Å². The Morgan fingerprint density at radius 3 is 2.35 bits per heavy atom. The van der Waals surface area contributed by atoms with E-state index in [0.29, 0.717) is 18.8 Å².